The molecule has 1 aromatic rings. The number of nitrogens with one attached hydrogen (secondary N) is 2. The van der Waals surface area contributed by atoms with Crippen molar-refractivity contribution in [3.05, 3.63) is 28.3 Å². The minimum Gasteiger partial charge on any atom is -0.376 e. The smallest absolute Gasteiger partial charge is 0.376 e. The number of anilines is 1. The molecule has 128 valence electrons. The van der Waals surface area contributed by atoms with Crippen LogP contribution in [0.5, 0.6) is 0 Å². The van der Waals surface area contributed by atoms with Gasteiger partial charge in [-0.15, -0.1) is 0 Å². The molecule has 1 rings (SSSR count). The van der Waals surface area contributed by atoms with Crippen molar-refractivity contribution < 1.29 is 31.3 Å². The van der Waals surface area contributed by atoms with E-state index >= 15 is 0 Å². The third-order valence-electron chi connectivity index (χ3n) is 2.50. The van der Waals surface area contributed by atoms with Crippen LogP contribution in [0.3, 0.4) is 0 Å². The van der Waals surface area contributed by atoms with E-state index in [9.17, 15) is 36.5 Å². The van der Waals surface area contributed by atoms with E-state index in [0.29, 0.717) is 0 Å². The van der Waals surface area contributed by atoms with Crippen LogP contribution in [0.25, 0.3) is 0 Å². The lowest BCUT2D eigenvalue weighted by molar-refractivity contribution is -0.387. The van der Waals surface area contributed by atoms with Gasteiger partial charge in [0, 0.05) is 18.0 Å². The number of carbonyl (C=O) groups is 1. The molecule has 0 aliphatic rings. The van der Waals surface area contributed by atoms with Crippen LogP contribution in [0.2, 0.25) is 0 Å². The van der Waals surface area contributed by atoms with Crippen LogP contribution in [-0.2, 0) is 14.6 Å². The van der Waals surface area contributed by atoms with Gasteiger partial charge < -0.3 is 10.6 Å². The van der Waals surface area contributed by atoms with Gasteiger partial charge in [0.1, 0.15) is 11.4 Å². The molecule has 8 nitrogen and oxygen atoms in total. The Morgan fingerprint density at radius 1 is 1.35 bits per heavy atom. The van der Waals surface area contributed by atoms with Gasteiger partial charge in [0.25, 0.3) is 5.69 Å². The Morgan fingerprint density at radius 3 is 2.43 bits per heavy atom. The van der Waals surface area contributed by atoms with Crippen LogP contribution in [0, 0.1) is 10.1 Å². The molecule has 0 unspecified atom stereocenters. The summed E-state index contributed by atoms with van der Waals surface area (Å²) in [6.07, 6.45) is -3.78. The van der Waals surface area contributed by atoms with Gasteiger partial charge >= 0.3 is 6.18 Å². The van der Waals surface area contributed by atoms with Crippen LogP contribution in [0.1, 0.15) is 0 Å². The quantitative estimate of drug-likeness (QED) is 0.582. The number of halogens is 3. The van der Waals surface area contributed by atoms with Crippen LogP contribution < -0.4 is 10.6 Å². The van der Waals surface area contributed by atoms with E-state index in [1.54, 1.807) is 5.32 Å². The van der Waals surface area contributed by atoms with Gasteiger partial charge in [-0.3, -0.25) is 14.9 Å². The number of nitro groups is 1. The van der Waals surface area contributed by atoms with E-state index < -0.39 is 50.5 Å². The molecular formula is C11H12F3N3O5S. The summed E-state index contributed by atoms with van der Waals surface area (Å²) in [5.74, 6) is -0.971. The van der Waals surface area contributed by atoms with Gasteiger partial charge in [0.15, 0.2) is 9.84 Å². The van der Waals surface area contributed by atoms with Crippen molar-refractivity contribution >= 4 is 27.1 Å². The Hall–Kier alpha value is -2.37. The van der Waals surface area contributed by atoms with Crippen molar-refractivity contribution in [2.75, 3.05) is 24.7 Å². The lowest BCUT2D eigenvalue weighted by Crippen LogP contribution is -2.37. The van der Waals surface area contributed by atoms with Crippen LogP contribution in [0.15, 0.2) is 23.1 Å². The second-order valence-electron chi connectivity index (χ2n) is 4.46. The fourth-order valence-electron chi connectivity index (χ4n) is 1.52. The van der Waals surface area contributed by atoms with Crippen molar-refractivity contribution in [3.8, 4) is 0 Å². The summed E-state index contributed by atoms with van der Waals surface area (Å²) >= 11 is 0. The Kier molecular flexibility index (Phi) is 5.53. The Morgan fingerprint density at radius 2 is 1.96 bits per heavy atom. The molecule has 1 amide bonds. The normalized spacial score (nSPS) is 11.8. The number of hydrogen-bond acceptors (Lipinski definition) is 6. The van der Waals surface area contributed by atoms with Crippen molar-refractivity contribution in [2.24, 2.45) is 0 Å². The maximum Gasteiger partial charge on any atom is 0.405 e. The summed E-state index contributed by atoms with van der Waals surface area (Å²) in [7, 11) is -3.90. The zero-order valence-electron chi connectivity index (χ0n) is 11.7. The summed E-state index contributed by atoms with van der Waals surface area (Å²) in [5, 5.41) is 14.8. The van der Waals surface area contributed by atoms with Gasteiger partial charge in [-0.25, -0.2) is 8.42 Å². The number of hydrogen-bond donors (Lipinski definition) is 2. The minimum atomic E-state index is -4.55. The molecule has 0 radical (unpaired) electrons. The molecule has 12 heteroatoms. The predicted octanol–water partition coefficient (Wildman–Crippen LogP) is 1.09. The van der Waals surface area contributed by atoms with Crippen LogP contribution in [0.4, 0.5) is 24.5 Å². The standard InChI is InChI=1S/C11H12F3N3O5S/c1-23(21,22)9-4-7(2-3-8(9)17(19)20)15-5-10(18)16-6-11(12,13)14/h2-4,15H,5-6H2,1H3,(H,16,18). The number of rotatable bonds is 6. The van der Waals surface area contributed by atoms with Crippen LogP contribution in [-0.4, -0.2) is 44.8 Å². The van der Waals surface area contributed by atoms with Crippen molar-refractivity contribution in [1.82, 2.24) is 5.32 Å². The molecule has 2 N–H and O–H groups in total. The Labute approximate surface area is 128 Å². The molecule has 0 aliphatic carbocycles. The van der Waals surface area contributed by atoms with E-state index in [-0.39, 0.29) is 5.69 Å². The first-order valence-corrected chi connectivity index (χ1v) is 7.85. The summed E-state index contributed by atoms with van der Waals surface area (Å²) < 4.78 is 58.8. The second kappa shape index (κ2) is 6.81. The van der Waals surface area contributed by atoms with E-state index in [2.05, 4.69) is 5.32 Å². The summed E-state index contributed by atoms with van der Waals surface area (Å²) in [6, 6.07) is 3.00. The van der Waals surface area contributed by atoms with E-state index in [1.807, 2.05) is 0 Å². The van der Waals surface area contributed by atoms with Crippen molar-refractivity contribution in [3.63, 3.8) is 0 Å². The fourth-order valence-corrected chi connectivity index (χ4v) is 2.38. The molecular weight excluding hydrogens is 343 g/mol. The number of nitrogens with zero attached hydrogens (tertiary/aromatic N) is 1. The number of nitro benzene ring substituents is 1. The number of benzene rings is 1. The third-order valence-corrected chi connectivity index (χ3v) is 3.62. The average Bonchev–Trinajstić information content (AvgIpc) is 2.40. The van der Waals surface area contributed by atoms with E-state index in [4.69, 9.17) is 0 Å². The van der Waals surface area contributed by atoms with Gasteiger partial charge in [0.2, 0.25) is 5.91 Å². The van der Waals surface area contributed by atoms with Gasteiger partial charge in [-0.05, 0) is 12.1 Å². The average molecular weight is 355 g/mol. The highest BCUT2D eigenvalue weighted by Crippen LogP contribution is 2.26. The molecule has 1 aromatic carbocycles. The molecule has 0 bridgehead atoms. The minimum absolute atomic E-state index is 0.0400. The lowest BCUT2D eigenvalue weighted by atomic mass is 10.3. The summed E-state index contributed by atoms with van der Waals surface area (Å²) in [5.41, 5.74) is -0.599. The second-order valence-corrected chi connectivity index (χ2v) is 6.44. The number of carbonyl (C=O) groups excluding carboxylic acids is 1. The maximum absolute atomic E-state index is 11.9. The highest BCUT2D eigenvalue weighted by molar-refractivity contribution is 7.90. The zero-order chi connectivity index (χ0) is 17.8. The lowest BCUT2D eigenvalue weighted by Gasteiger charge is -2.10. The molecule has 0 aliphatic heterocycles. The van der Waals surface area contributed by atoms with E-state index in [1.165, 1.54) is 0 Å². The molecule has 0 atom stereocenters. The zero-order valence-corrected chi connectivity index (χ0v) is 12.5. The number of alkyl halides is 3. The summed E-state index contributed by atoms with van der Waals surface area (Å²) in [4.78, 5) is 20.5. The Balaban J connectivity index is 2.83. The van der Waals surface area contributed by atoms with Gasteiger partial charge in [-0.1, -0.05) is 0 Å². The Bertz CT molecular complexity index is 718. The van der Waals surface area contributed by atoms with Gasteiger partial charge in [0.05, 0.1) is 11.5 Å². The molecule has 0 aromatic heterocycles. The van der Waals surface area contributed by atoms with Crippen molar-refractivity contribution in [1.29, 1.82) is 0 Å². The first-order chi connectivity index (χ1) is 10.4. The first kappa shape index (κ1) is 18.7. The molecule has 0 heterocycles. The maximum atomic E-state index is 11.9. The third kappa shape index (κ3) is 6.10. The largest absolute Gasteiger partial charge is 0.405 e. The monoisotopic (exact) mass is 355 g/mol. The highest BCUT2D eigenvalue weighted by Gasteiger charge is 2.27. The highest BCUT2D eigenvalue weighted by atomic mass is 32.2. The number of amides is 1. The van der Waals surface area contributed by atoms with Crippen LogP contribution >= 0.6 is 0 Å². The van der Waals surface area contributed by atoms with E-state index in [0.717, 1.165) is 24.5 Å². The molecule has 23 heavy (non-hydrogen) atoms. The SMILES string of the molecule is CS(=O)(=O)c1cc(NCC(=O)NCC(F)(F)F)ccc1[N+](=O)[O-]. The predicted molar refractivity (Wildman–Crippen MR) is 73.8 cm³/mol. The topological polar surface area (TPSA) is 118 Å². The molecule has 0 spiro atoms. The van der Waals surface area contributed by atoms with Crippen molar-refractivity contribution in [2.45, 2.75) is 11.1 Å². The van der Waals surface area contributed by atoms with Gasteiger partial charge in [-0.2, -0.15) is 13.2 Å². The molecule has 0 saturated heterocycles. The molecule has 0 saturated carbocycles. The summed E-state index contributed by atoms with van der Waals surface area (Å²) in [6.45, 7) is -2.06. The molecule has 0 fully saturated rings. The number of sulfone groups is 1. The first-order valence-electron chi connectivity index (χ1n) is 5.96. The fraction of sp³-hybridized carbons (Fsp3) is 0.364.